The number of carbonyl (C=O) groups excluding carboxylic acids is 1. The van der Waals surface area contributed by atoms with Gasteiger partial charge in [-0.3, -0.25) is 14.9 Å². The van der Waals surface area contributed by atoms with Gasteiger partial charge in [-0.2, -0.15) is 0 Å². The SMILES string of the molecule is CC1CCNC(=O)c2ccc(c([N+](=O)[O-])c2)-c2ccnc(n2)Nc2ccc(OCC3CCc4ccccc43)c(c2)COC1. The maximum absolute atomic E-state index is 12.8. The molecule has 3 aromatic carbocycles. The van der Waals surface area contributed by atoms with Gasteiger partial charge in [0.15, 0.2) is 0 Å². The Morgan fingerprint density at radius 3 is 2.84 bits per heavy atom. The summed E-state index contributed by atoms with van der Waals surface area (Å²) in [6.45, 7) is 3.90. The maximum atomic E-state index is 12.8. The van der Waals surface area contributed by atoms with E-state index in [0.717, 1.165) is 29.8 Å². The smallest absolute Gasteiger partial charge is 0.279 e. The van der Waals surface area contributed by atoms with E-state index in [4.69, 9.17) is 9.47 Å². The molecular weight excluding hydrogens is 546 g/mol. The van der Waals surface area contributed by atoms with Gasteiger partial charge in [0.1, 0.15) is 5.75 Å². The van der Waals surface area contributed by atoms with Gasteiger partial charge in [0.25, 0.3) is 11.6 Å². The van der Waals surface area contributed by atoms with Crippen molar-refractivity contribution >= 4 is 23.2 Å². The van der Waals surface area contributed by atoms with Gasteiger partial charge in [-0.05, 0) is 72.7 Å². The van der Waals surface area contributed by atoms with Gasteiger partial charge >= 0.3 is 0 Å². The van der Waals surface area contributed by atoms with E-state index in [1.165, 1.54) is 17.2 Å². The van der Waals surface area contributed by atoms with Crippen LogP contribution < -0.4 is 15.4 Å². The molecule has 3 heterocycles. The number of nitro groups is 1. The zero-order valence-corrected chi connectivity index (χ0v) is 23.9. The molecule has 0 fully saturated rings. The molecule has 2 aliphatic heterocycles. The predicted octanol–water partition coefficient (Wildman–Crippen LogP) is 6.19. The number of fused-ring (bicyclic) bond motifs is 10. The summed E-state index contributed by atoms with van der Waals surface area (Å²) in [5.74, 6) is 1.19. The van der Waals surface area contributed by atoms with Crippen LogP contribution in [-0.4, -0.2) is 40.6 Å². The Balaban J connectivity index is 1.29. The Hall–Kier alpha value is -4.83. The summed E-state index contributed by atoms with van der Waals surface area (Å²) in [5.41, 5.74) is 5.04. The van der Waals surface area contributed by atoms with E-state index in [1.807, 2.05) is 18.2 Å². The number of ether oxygens (including phenoxy) is 2. The van der Waals surface area contributed by atoms with Gasteiger partial charge in [0, 0.05) is 48.1 Å². The fraction of sp³-hybridized carbons (Fsp3) is 0.303. The molecule has 1 amide bonds. The first-order valence-electron chi connectivity index (χ1n) is 14.5. The predicted molar refractivity (Wildman–Crippen MR) is 163 cm³/mol. The summed E-state index contributed by atoms with van der Waals surface area (Å²) in [6, 6.07) is 20.4. The van der Waals surface area contributed by atoms with E-state index in [9.17, 15) is 14.9 Å². The minimum atomic E-state index is -0.502. The first kappa shape index (κ1) is 28.3. The van der Waals surface area contributed by atoms with Crippen molar-refractivity contribution in [3.8, 4) is 17.0 Å². The zero-order valence-electron chi connectivity index (χ0n) is 23.9. The Morgan fingerprint density at radius 1 is 1.07 bits per heavy atom. The van der Waals surface area contributed by atoms with Crippen molar-refractivity contribution in [3.63, 3.8) is 0 Å². The second-order valence-electron chi connectivity index (χ2n) is 11.1. The number of nitro benzene ring substituents is 1. The molecule has 10 heteroatoms. The van der Waals surface area contributed by atoms with Gasteiger partial charge in [0.05, 0.1) is 29.4 Å². The molecule has 2 unspecified atom stereocenters. The Morgan fingerprint density at radius 2 is 1.95 bits per heavy atom. The van der Waals surface area contributed by atoms with E-state index in [1.54, 1.807) is 24.4 Å². The number of rotatable bonds is 4. The lowest BCUT2D eigenvalue weighted by Crippen LogP contribution is -2.26. The minimum Gasteiger partial charge on any atom is -0.493 e. The number of carbonyl (C=O) groups is 1. The van der Waals surface area contributed by atoms with Crippen LogP contribution in [0, 0.1) is 16.0 Å². The summed E-state index contributed by atoms with van der Waals surface area (Å²) in [5, 5.41) is 18.0. The molecular formula is C33H33N5O5. The largest absolute Gasteiger partial charge is 0.493 e. The maximum Gasteiger partial charge on any atom is 0.279 e. The molecule has 4 aromatic rings. The zero-order chi connectivity index (χ0) is 29.8. The van der Waals surface area contributed by atoms with E-state index in [0.29, 0.717) is 50.0 Å². The van der Waals surface area contributed by atoms with Gasteiger partial charge in [-0.1, -0.05) is 31.2 Å². The molecule has 2 N–H and O–H groups in total. The van der Waals surface area contributed by atoms with Gasteiger partial charge in [-0.15, -0.1) is 0 Å². The van der Waals surface area contributed by atoms with Crippen LogP contribution in [0.4, 0.5) is 17.3 Å². The van der Waals surface area contributed by atoms with Crippen LogP contribution in [0.5, 0.6) is 5.75 Å². The van der Waals surface area contributed by atoms with Gasteiger partial charge in [-0.25, -0.2) is 9.97 Å². The van der Waals surface area contributed by atoms with Crippen LogP contribution in [0.3, 0.4) is 0 Å². The van der Waals surface area contributed by atoms with Crippen LogP contribution in [0.1, 0.15) is 52.7 Å². The molecule has 1 aliphatic carbocycles. The van der Waals surface area contributed by atoms with Crippen LogP contribution in [0.15, 0.2) is 72.9 Å². The lowest BCUT2D eigenvalue weighted by atomic mass is 10.0. The molecule has 0 radical (unpaired) electrons. The van der Waals surface area contributed by atoms with Crippen molar-refractivity contribution in [2.45, 2.75) is 38.7 Å². The normalized spacial score (nSPS) is 18.4. The first-order chi connectivity index (χ1) is 20.9. The monoisotopic (exact) mass is 579 g/mol. The summed E-state index contributed by atoms with van der Waals surface area (Å²) >= 11 is 0. The molecule has 3 aliphatic rings. The van der Waals surface area contributed by atoms with Crippen LogP contribution >= 0.6 is 0 Å². The summed E-state index contributed by atoms with van der Waals surface area (Å²) in [7, 11) is 0. The molecule has 1 aromatic heterocycles. The lowest BCUT2D eigenvalue weighted by Gasteiger charge is -2.18. The number of anilines is 2. The highest BCUT2D eigenvalue weighted by Crippen LogP contribution is 2.35. The fourth-order valence-electron chi connectivity index (χ4n) is 5.65. The molecule has 0 spiro atoms. The van der Waals surface area contributed by atoms with Crippen molar-refractivity contribution < 1.29 is 19.2 Å². The Labute approximate surface area is 249 Å². The number of aromatic nitrogens is 2. The molecule has 43 heavy (non-hydrogen) atoms. The number of aryl methyl sites for hydroxylation is 1. The molecule has 7 rings (SSSR count). The summed E-state index contributed by atoms with van der Waals surface area (Å²) in [4.78, 5) is 33.1. The van der Waals surface area contributed by atoms with Gasteiger partial charge < -0.3 is 20.1 Å². The third-order valence-corrected chi connectivity index (χ3v) is 7.98. The third-order valence-electron chi connectivity index (χ3n) is 7.98. The minimum absolute atomic E-state index is 0.176. The average Bonchev–Trinajstić information content (AvgIpc) is 3.43. The molecule has 6 bridgehead atoms. The Bertz CT molecular complexity index is 1660. The van der Waals surface area contributed by atoms with E-state index in [2.05, 4.69) is 51.8 Å². The number of nitrogens with zero attached hydrogens (tertiary/aromatic N) is 3. The van der Waals surface area contributed by atoms with E-state index >= 15 is 0 Å². The van der Waals surface area contributed by atoms with Gasteiger partial charge in [0.2, 0.25) is 5.95 Å². The van der Waals surface area contributed by atoms with Crippen molar-refractivity contribution in [2.24, 2.45) is 5.92 Å². The topological polar surface area (TPSA) is 129 Å². The van der Waals surface area contributed by atoms with E-state index in [-0.39, 0.29) is 29.0 Å². The summed E-state index contributed by atoms with van der Waals surface area (Å²) in [6.07, 6.45) is 4.36. The standard InChI is InChI=1S/C33H33N5O5/c1-21-12-14-34-32(39)23-8-10-28(30(17-23)38(40)41)29-13-15-35-33(37-29)36-26-9-11-31(25(16-26)19-42-18-21)43-20-24-7-6-22-4-2-3-5-27(22)24/h2-5,8-11,13,15-17,21,24H,6-7,12,14,18-20H2,1H3,(H,34,39)(H,35,36,37). The van der Waals surface area contributed by atoms with Crippen molar-refractivity contribution in [1.82, 2.24) is 15.3 Å². The van der Waals surface area contributed by atoms with Crippen LogP contribution in [0.2, 0.25) is 0 Å². The summed E-state index contributed by atoms with van der Waals surface area (Å²) < 4.78 is 12.5. The number of benzene rings is 3. The molecule has 0 saturated heterocycles. The highest BCUT2D eigenvalue weighted by atomic mass is 16.6. The number of hydrogen-bond donors (Lipinski definition) is 2. The van der Waals surface area contributed by atoms with Crippen LogP contribution in [-0.2, 0) is 17.8 Å². The molecule has 0 saturated carbocycles. The quantitative estimate of drug-likeness (QED) is 0.216. The van der Waals surface area contributed by atoms with Crippen molar-refractivity contribution in [3.05, 3.63) is 105 Å². The molecule has 220 valence electrons. The number of nitrogens with one attached hydrogen (secondary N) is 2. The second kappa shape index (κ2) is 12.6. The Kier molecular flexibility index (Phi) is 8.28. The van der Waals surface area contributed by atoms with Crippen LogP contribution in [0.25, 0.3) is 11.3 Å². The number of amides is 1. The van der Waals surface area contributed by atoms with Crippen molar-refractivity contribution in [2.75, 3.05) is 25.1 Å². The third kappa shape index (κ3) is 6.49. The van der Waals surface area contributed by atoms with Crippen molar-refractivity contribution in [1.29, 1.82) is 0 Å². The second-order valence-corrected chi connectivity index (χ2v) is 11.1. The lowest BCUT2D eigenvalue weighted by molar-refractivity contribution is -0.384. The molecule has 2 atom stereocenters. The first-order valence-corrected chi connectivity index (χ1v) is 14.5. The number of hydrogen-bond acceptors (Lipinski definition) is 8. The highest BCUT2D eigenvalue weighted by Gasteiger charge is 2.23. The average molecular weight is 580 g/mol. The van der Waals surface area contributed by atoms with E-state index < -0.39 is 4.92 Å². The highest BCUT2D eigenvalue weighted by molar-refractivity contribution is 5.96. The fourth-order valence-corrected chi connectivity index (χ4v) is 5.65. The molecule has 10 nitrogen and oxygen atoms in total.